The maximum Gasteiger partial charge on any atom is 0.341 e. The Bertz CT molecular complexity index is 1270. The molecule has 1 aromatic heterocycles. The number of hydrogen-bond acceptors (Lipinski definition) is 6. The average Bonchev–Trinajstić information content (AvgIpc) is 3.39. The Hall–Kier alpha value is -2.82. The molecule has 7 nitrogen and oxygen atoms in total. The van der Waals surface area contributed by atoms with E-state index in [0.29, 0.717) is 23.2 Å². The van der Waals surface area contributed by atoms with E-state index in [9.17, 15) is 22.4 Å². The molecule has 1 unspecified atom stereocenters. The van der Waals surface area contributed by atoms with Gasteiger partial charge < -0.3 is 10.1 Å². The molecule has 3 aromatic rings. The summed E-state index contributed by atoms with van der Waals surface area (Å²) in [6, 6.07) is 10.8. The number of fused-ring (bicyclic) bond motifs is 1. The van der Waals surface area contributed by atoms with Gasteiger partial charge in [0.1, 0.15) is 22.4 Å². The summed E-state index contributed by atoms with van der Waals surface area (Å²) in [5, 5.41) is 3.74. The van der Waals surface area contributed by atoms with E-state index in [1.54, 1.807) is 19.1 Å². The summed E-state index contributed by atoms with van der Waals surface area (Å²) in [7, 11) is -3.98. The van der Waals surface area contributed by atoms with Crippen molar-refractivity contribution in [2.45, 2.75) is 30.7 Å². The van der Waals surface area contributed by atoms with Gasteiger partial charge in [-0.3, -0.25) is 4.79 Å². The molecule has 0 saturated carbocycles. The van der Waals surface area contributed by atoms with E-state index >= 15 is 0 Å². The molecule has 0 aliphatic carbocycles. The van der Waals surface area contributed by atoms with Crippen LogP contribution in [0.3, 0.4) is 0 Å². The monoisotopic (exact) mass is 476 g/mol. The van der Waals surface area contributed by atoms with Crippen molar-refractivity contribution in [1.82, 2.24) is 4.31 Å². The lowest BCUT2D eigenvalue weighted by molar-refractivity contribution is -0.119. The number of esters is 1. The fraction of sp³-hybridized carbons (Fsp3) is 0.273. The Balaban J connectivity index is 1.64. The van der Waals surface area contributed by atoms with Gasteiger partial charge in [0.15, 0.2) is 0 Å². The van der Waals surface area contributed by atoms with Crippen molar-refractivity contribution in [1.29, 1.82) is 0 Å². The van der Waals surface area contributed by atoms with Crippen molar-refractivity contribution in [3.63, 3.8) is 0 Å². The lowest BCUT2D eigenvalue weighted by Gasteiger charge is -2.23. The van der Waals surface area contributed by atoms with Gasteiger partial charge in [0.05, 0.1) is 11.5 Å². The number of ether oxygens (including phenoxy) is 1. The smallest absolute Gasteiger partial charge is 0.341 e. The molecule has 1 atom stereocenters. The van der Waals surface area contributed by atoms with E-state index in [4.69, 9.17) is 4.74 Å². The molecule has 1 saturated heterocycles. The Morgan fingerprint density at radius 1 is 1.19 bits per heavy atom. The van der Waals surface area contributed by atoms with Crippen LogP contribution in [0.25, 0.3) is 10.1 Å². The second-order valence-electron chi connectivity index (χ2n) is 7.24. The number of anilines is 1. The maximum atomic E-state index is 13.2. The van der Waals surface area contributed by atoms with Crippen LogP contribution in [-0.4, -0.2) is 43.8 Å². The Morgan fingerprint density at radius 2 is 1.91 bits per heavy atom. The number of rotatable bonds is 6. The minimum absolute atomic E-state index is 0.0762. The molecule has 0 radical (unpaired) electrons. The van der Waals surface area contributed by atoms with E-state index in [2.05, 4.69) is 5.32 Å². The number of thiophene rings is 1. The van der Waals surface area contributed by atoms with Crippen molar-refractivity contribution in [2.75, 3.05) is 18.5 Å². The standard InChI is InChI=1S/C22H21FN2O5S2/c1-2-30-22(27)19-16-6-3-4-8-18(16)31-21(19)24-20(26)17-7-5-13-25(17)32(28,29)15-11-9-14(23)10-12-15/h3-4,6,8-12,17H,2,5,7,13H2,1H3,(H,24,26). The van der Waals surface area contributed by atoms with Crippen LogP contribution in [0.15, 0.2) is 53.4 Å². The molecule has 32 heavy (non-hydrogen) atoms. The first-order valence-corrected chi connectivity index (χ1v) is 12.4. The third kappa shape index (κ3) is 4.13. The topological polar surface area (TPSA) is 92.8 Å². The predicted octanol–water partition coefficient (Wildman–Crippen LogP) is 4.01. The third-order valence-corrected chi connectivity index (χ3v) is 8.25. The van der Waals surface area contributed by atoms with E-state index in [-0.39, 0.29) is 23.6 Å². The Kier molecular flexibility index (Phi) is 6.27. The van der Waals surface area contributed by atoms with Crippen molar-refractivity contribution in [2.24, 2.45) is 0 Å². The van der Waals surface area contributed by atoms with Gasteiger partial charge in [-0.15, -0.1) is 11.3 Å². The number of nitrogens with one attached hydrogen (secondary N) is 1. The van der Waals surface area contributed by atoms with Crippen LogP contribution in [0, 0.1) is 5.82 Å². The molecule has 0 spiro atoms. The van der Waals surface area contributed by atoms with Crippen molar-refractivity contribution in [3.05, 3.63) is 59.9 Å². The molecule has 168 valence electrons. The summed E-state index contributed by atoms with van der Waals surface area (Å²) in [5.41, 5.74) is 0.256. The summed E-state index contributed by atoms with van der Waals surface area (Å²) in [6.45, 7) is 2.05. The SMILES string of the molecule is CCOC(=O)c1c(NC(=O)C2CCCN2S(=O)(=O)c2ccc(F)cc2)sc2ccccc12. The number of nitrogens with zero attached hydrogens (tertiary/aromatic N) is 1. The highest BCUT2D eigenvalue weighted by Crippen LogP contribution is 2.37. The molecule has 1 amide bonds. The quantitative estimate of drug-likeness (QED) is 0.543. The predicted molar refractivity (Wildman–Crippen MR) is 120 cm³/mol. The highest BCUT2D eigenvalue weighted by molar-refractivity contribution is 7.89. The minimum atomic E-state index is -3.98. The molecule has 2 aromatic carbocycles. The second-order valence-corrected chi connectivity index (χ2v) is 10.2. The number of amides is 1. The highest BCUT2D eigenvalue weighted by Gasteiger charge is 2.40. The molecular weight excluding hydrogens is 455 g/mol. The number of benzene rings is 2. The van der Waals surface area contributed by atoms with Crippen LogP contribution in [0.4, 0.5) is 9.39 Å². The van der Waals surface area contributed by atoms with Crippen LogP contribution in [-0.2, 0) is 19.6 Å². The van der Waals surface area contributed by atoms with Crippen molar-refractivity contribution < 1.29 is 27.1 Å². The molecular formula is C22H21FN2O5S2. The molecule has 2 heterocycles. The fourth-order valence-electron chi connectivity index (χ4n) is 3.77. The summed E-state index contributed by atoms with van der Waals surface area (Å²) in [6.07, 6.45) is 0.849. The van der Waals surface area contributed by atoms with Gasteiger partial charge in [0.2, 0.25) is 15.9 Å². The van der Waals surface area contributed by atoms with Crippen molar-refractivity contribution >= 4 is 48.3 Å². The molecule has 10 heteroatoms. The zero-order valence-corrected chi connectivity index (χ0v) is 18.8. The van der Waals surface area contributed by atoms with Gasteiger partial charge in [-0.05, 0) is 50.1 Å². The number of carbonyl (C=O) groups excluding carboxylic acids is 2. The van der Waals surface area contributed by atoms with Crippen LogP contribution in [0.1, 0.15) is 30.1 Å². The summed E-state index contributed by atoms with van der Waals surface area (Å²) < 4.78 is 46.5. The largest absolute Gasteiger partial charge is 0.462 e. The number of halogens is 1. The molecule has 4 rings (SSSR count). The van der Waals surface area contributed by atoms with E-state index in [1.165, 1.54) is 23.5 Å². The van der Waals surface area contributed by atoms with E-state index in [1.807, 2.05) is 12.1 Å². The summed E-state index contributed by atoms with van der Waals surface area (Å²) in [4.78, 5) is 25.6. The van der Waals surface area contributed by atoms with Gasteiger partial charge >= 0.3 is 5.97 Å². The molecule has 1 fully saturated rings. The number of carbonyl (C=O) groups is 2. The maximum absolute atomic E-state index is 13.2. The van der Waals surface area contributed by atoms with Crippen LogP contribution < -0.4 is 5.32 Å². The van der Waals surface area contributed by atoms with E-state index < -0.39 is 33.8 Å². The first-order chi connectivity index (χ1) is 15.3. The van der Waals surface area contributed by atoms with Gasteiger partial charge in [-0.25, -0.2) is 17.6 Å². The lowest BCUT2D eigenvalue weighted by atomic mass is 10.1. The van der Waals surface area contributed by atoms with Gasteiger partial charge in [-0.1, -0.05) is 18.2 Å². The van der Waals surface area contributed by atoms with Crippen LogP contribution >= 0.6 is 11.3 Å². The highest BCUT2D eigenvalue weighted by atomic mass is 32.2. The second kappa shape index (κ2) is 8.97. The zero-order valence-electron chi connectivity index (χ0n) is 17.2. The van der Waals surface area contributed by atoms with E-state index in [0.717, 1.165) is 21.1 Å². The number of sulfonamides is 1. The Morgan fingerprint density at radius 3 is 2.62 bits per heavy atom. The lowest BCUT2D eigenvalue weighted by Crippen LogP contribution is -2.43. The molecule has 1 N–H and O–H groups in total. The zero-order chi connectivity index (χ0) is 22.9. The van der Waals surface area contributed by atoms with Crippen molar-refractivity contribution in [3.8, 4) is 0 Å². The molecule has 1 aliphatic rings. The fourth-order valence-corrected chi connectivity index (χ4v) is 6.52. The first-order valence-electron chi connectivity index (χ1n) is 10.1. The van der Waals surface area contributed by atoms with Crippen LogP contribution in [0.2, 0.25) is 0 Å². The Labute approximate surface area is 188 Å². The third-order valence-electron chi connectivity index (χ3n) is 5.24. The van der Waals surface area contributed by atoms with Gasteiger partial charge in [0.25, 0.3) is 0 Å². The molecule has 0 bridgehead atoms. The van der Waals surface area contributed by atoms with Gasteiger partial charge in [-0.2, -0.15) is 4.31 Å². The average molecular weight is 477 g/mol. The van der Waals surface area contributed by atoms with Gasteiger partial charge in [0, 0.05) is 16.6 Å². The number of hydrogen-bond donors (Lipinski definition) is 1. The molecule has 1 aliphatic heterocycles. The summed E-state index contributed by atoms with van der Waals surface area (Å²) >= 11 is 1.23. The normalized spacial score (nSPS) is 16.9. The van der Waals surface area contributed by atoms with Crippen LogP contribution in [0.5, 0.6) is 0 Å². The first kappa shape index (κ1) is 22.4. The minimum Gasteiger partial charge on any atom is -0.462 e. The summed E-state index contributed by atoms with van der Waals surface area (Å²) in [5.74, 6) is -1.62.